The van der Waals surface area contributed by atoms with E-state index >= 15 is 0 Å². The Hall–Kier alpha value is -1.64. The lowest BCUT2D eigenvalue weighted by Gasteiger charge is -2.01. The number of amides is 1. The van der Waals surface area contributed by atoms with Crippen molar-refractivity contribution in [2.45, 2.75) is 26.7 Å². The van der Waals surface area contributed by atoms with Crippen LogP contribution in [0.15, 0.2) is 35.4 Å². The van der Waals surface area contributed by atoms with E-state index < -0.39 is 0 Å². The summed E-state index contributed by atoms with van der Waals surface area (Å²) in [7, 11) is 0. The Balaban J connectivity index is 2.37. The molecule has 1 N–H and O–H groups in total. The van der Waals surface area contributed by atoms with Crippen molar-refractivity contribution in [2.75, 3.05) is 0 Å². The van der Waals surface area contributed by atoms with Gasteiger partial charge in [0.1, 0.15) is 0 Å². The Bertz CT molecular complexity index is 344. The Morgan fingerprint density at radius 1 is 1.27 bits per heavy atom. The monoisotopic (exact) mass is 204 g/mol. The standard InChI is InChI=1S/C12H16N2O/c1-10(13-14-11(2)15)8-9-12-6-4-3-5-7-12/h3-7H,8-9H2,1-2H3,(H,14,15). The van der Waals surface area contributed by atoms with Gasteiger partial charge in [-0.25, -0.2) is 5.43 Å². The van der Waals surface area contributed by atoms with Crippen LogP contribution in [0.5, 0.6) is 0 Å². The number of nitrogens with zero attached hydrogens (tertiary/aromatic N) is 1. The molecule has 0 bridgehead atoms. The zero-order chi connectivity index (χ0) is 11.1. The van der Waals surface area contributed by atoms with Crippen LogP contribution in [0, 0.1) is 0 Å². The lowest BCUT2D eigenvalue weighted by Crippen LogP contribution is -2.14. The Kier molecular flexibility index (Phi) is 4.54. The van der Waals surface area contributed by atoms with Crippen molar-refractivity contribution in [1.82, 2.24) is 5.43 Å². The smallest absolute Gasteiger partial charge is 0.236 e. The lowest BCUT2D eigenvalue weighted by molar-refractivity contribution is -0.118. The molecule has 80 valence electrons. The number of aryl methyl sites for hydroxylation is 1. The number of rotatable bonds is 4. The largest absolute Gasteiger partial charge is 0.274 e. The molecule has 1 aromatic rings. The second kappa shape index (κ2) is 5.96. The molecule has 1 aromatic carbocycles. The van der Waals surface area contributed by atoms with Crippen molar-refractivity contribution in [3.8, 4) is 0 Å². The maximum absolute atomic E-state index is 10.6. The van der Waals surface area contributed by atoms with Gasteiger partial charge in [0.15, 0.2) is 0 Å². The van der Waals surface area contributed by atoms with Gasteiger partial charge < -0.3 is 0 Å². The molecule has 1 amide bonds. The molecule has 0 fully saturated rings. The van der Waals surface area contributed by atoms with Crippen LogP contribution in [0.25, 0.3) is 0 Å². The van der Waals surface area contributed by atoms with Crippen LogP contribution >= 0.6 is 0 Å². The van der Waals surface area contributed by atoms with E-state index in [1.807, 2.05) is 25.1 Å². The highest BCUT2D eigenvalue weighted by Gasteiger charge is 1.95. The van der Waals surface area contributed by atoms with Gasteiger partial charge in [-0.05, 0) is 25.3 Å². The third-order valence-corrected chi connectivity index (χ3v) is 2.02. The van der Waals surface area contributed by atoms with Crippen molar-refractivity contribution in [1.29, 1.82) is 0 Å². The van der Waals surface area contributed by atoms with Gasteiger partial charge in [-0.3, -0.25) is 4.79 Å². The summed E-state index contributed by atoms with van der Waals surface area (Å²) in [6, 6.07) is 10.2. The summed E-state index contributed by atoms with van der Waals surface area (Å²) in [5.74, 6) is -0.130. The van der Waals surface area contributed by atoms with Gasteiger partial charge in [-0.1, -0.05) is 30.3 Å². The van der Waals surface area contributed by atoms with E-state index in [1.165, 1.54) is 12.5 Å². The zero-order valence-corrected chi connectivity index (χ0v) is 9.16. The van der Waals surface area contributed by atoms with Crippen LogP contribution in [-0.2, 0) is 11.2 Å². The number of nitrogens with one attached hydrogen (secondary N) is 1. The van der Waals surface area contributed by atoms with Crippen molar-refractivity contribution < 1.29 is 4.79 Å². The van der Waals surface area contributed by atoms with Gasteiger partial charge in [0.2, 0.25) is 5.91 Å². The summed E-state index contributed by atoms with van der Waals surface area (Å²) in [6.07, 6.45) is 1.82. The molecule has 0 aliphatic rings. The number of hydrogen-bond donors (Lipinski definition) is 1. The number of hydrogen-bond acceptors (Lipinski definition) is 2. The van der Waals surface area contributed by atoms with E-state index in [9.17, 15) is 4.79 Å². The summed E-state index contributed by atoms with van der Waals surface area (Å²) >= 11 is 0. The minimum atomic E-state index is -0.130. The normalized spacial score (nSPS) is 11.2. The van der Waals surface area contributed by atoms with E-state index in [4.69, 9.17) is 0 Å². The van der Waals surface area contributed by atoms with Gasteiger partial charge >= 0.3 is 0 Å². The zero-order valence-electron chi connectivity index (χ0n) is 9.16. The van der Waals surface area contributed by atoms with Crippen molar-refractivity contribution in [3.05, 3.63) is 35.9 Å². The van der Waals surface area contributed by atoms with E-state index in [-0.39, 0.29) is 5.91 Å². The summed E-state index contributed by atoms with van der Waals surface area (Å²) < 4.78 is 0. The second-order valence-corrected chi connectivity index (χ2v) is 3.50. The quantitative estimate of drug-likeness (QED) is 0.592. The summed E-state index contributed by atoms with van der Waals surface area (Å²) in [4.78, 5) is 10.6. The summed E-state index contributed by atoms with van der Waals surface area (Å²) in [5.41, 5.74) is 4.66. The molecular formula is C12H16N2O. The Morgan fingerprint density at radius 3 is 2.53 bits per heavy atom. The third-order valence-electron chi connectivity index (χ3n) is 2.02. The van der Waals surface area contributed by atoms with Crippen LogP contribution < -0.4 is 5.43 Å². The lowest BCUT2D eigenvalue weighted by atomic mass is 10.1. The number of carbonyl (C=O) groups excluding carboxylic acids is 1. The molecule has 0 spiro atoms. The molecule has 0 radical (unpaired) electrons. The van der Waals surface area contributed by atoms with Crippen molar-refractivity contribution in [2.24, 2.45) is 5.10 Å². The molecular weight excluding hydrogens is 188 g/mol. The average Bonchev–Trinajstić information content (AvgIpc) is 2.25. The van der Waals surface area contributed by atoms with E-state index in [2.05, 4.69) is 22.7 Å². The van der Waals surface area contributed by atoms with Crippen LogP contribution in [-0.4, -0.2) is 11.6 Å². The van der Waals surface area contributed by atoms with Crippen LogP contribution in [0.1, 0.15) is 25.8 Å². The van der Waals surface area contributed by atoms with E-state index in [1.54, 1.807) is 0 Å². The van der Waals surface area contributed by atoms with E-state index in [0.29, 0.717) is 0 Å². The molecule has 0 unspecified atom stereocenters. The van der Waals surface area contributed by atoms with Gasteiger partial charge in [-0.15, -0.1) is 0 Å². The highest BCUT2D eigenvalue weighted by atomic mass is 16.2. The van der Waals surface area contributed by atoms with Crippen molar-refractivity contribution in [3.63, 3.8) is 0 Å². The predicted octanol–water partition coefficient (Wildman–Crippen LogP) is 2.13. The molecule has 0 aliphatic carbocycles. The minimum absolute atomic E-state index is 0.130. The molecule has 0 aliphatic heterocycles. The second-order valence-electron chi connectivity index (χ2n) is 3.50. The van der Waals surface area contributed by atoms with Crippen LogP contribution in [0.4, 0.5) is 0 Å². The van der Waals surface area contributed by atoms with Gasteiger partial charge in [0.25, 0.3) is 0 Å². The highest BCUT2D eigenvalue weighted by Crippen LogP contribution is 2.02. The molecule has 3 nitrogen and oxygen atoms in total. The summed E-state index contributed by atoms with van der Waals surface area (Å²) in [5, 5.41) is 3.96. The SMILES string of the molecule is CC(=O)NN=C(C)CCc1ccccc1. The number of benzene rings is 1. The fourth-order valence-electron chi connectivity index (χ4n) is 1.20. The Morgan fingerprint density at radius 2 is 1.93 bits per heavy atom. The molecule has 1 rings (SSSR count). The van der Waals surface area contributed by atoms with Crippen LogP contribution in [0.2, 0.25) is 0 Å². The fraction of sp³-hybridized carbons (Fsp3) is 0.333. The first-order valence-corrected chi connectivity index (χ1v) is 5.02. The molecule has 0 saturated carbocycles. The number of carbonyl (C=O) groups is 1. The minimum Gasteiger partial charge on any atom is -0.274 e. The Labute approximate surface area is 90.2 Å². The molecule has 0 atom stereocenters. The maximum Gasteiger partial charge on any atom is 0.236 e. The molecule has 15 heavy (non-hydrogen) atoms. The highest BCUT2D eigenvalue weighted by molar-refractivity contribution is 5.83. The third kappa shape index (κ3) is 4.96. The summed E-state index contributed by atoms with van der Waals surface area (Å²) in [6.45, 7) is 3.37. The average molecular weight is 204 g/mol. The van der Waals surface area contributed by atoms with Crippen molar-refractivity contribution >= 4 is 11.6 Å². The first-order valence-electron chi connectivity index (χ1n) is 5.02. The first kappa shape index (κ1) is 11.4. The fourth-order valence-corrected chi connectivity index (χ4v) is 1.20. The first-order chi connectivity index (χ1) is 7.18. The van der Waals surface area contributed by atoms with E-state index in [0.717, 1.165) is 18.6 Å². The van der Waals surface area contributed by atoms with Crippen LogP contribution in [0.3, 0.4) is 0 Å². The molecule has 0 heterocycles. The predicted molar refractivity (Wildman–Crippen MR) is 61.7 cm³/mol. The number of hydrazone groups is 1. The molecule has 3 heteroatoms. The maximum atomic E-state index is 10.6. The van der Waals surface area contributed by atoms with Gasteiger partial charge in [0, 0.05) is 12.6 Å². The molecule has 0 saturated heterocycles. The van der Waals surface area contributed by atoms with Gasteiger partial charge in [0.05, 0.1) is 0 Å². The molecule has 0 aromatic heterocycles. The topological polar surface area (TPSA) is 41.5 Å². The van der Waals surface area contributed by atoms with Gasteiger partial charge in [-0.2, -0.15) is 5.10 Å².